The predicted molar refractivity (Wildman–Crippen MR) is 123 cm³/mol. The van der Waals surface area contributed by atoms with Gasteiger partial charge in [0.15, 0.2) is 0 Å². The number of hydrogen-bond donors (Lipinski definition) is 3. The molecule has 168 valence electrons. The van der Waals surface area contributed by atoms with Crippen LogP contribution in [-0.2, 0) is 25.2 Å². The topological polar surface area (TPSA) is 83.8 Å². The highest BCUT2D eigenvalue weighted by Gasteiger charge is 2.32. The number of thiol groups is 1. The summed E-state index contributed by atoms with van der Waals surface area (Å²) in [5, 5.41) is 20.9. The lowest BCUT2D eigenvalue weighted by Crippen LogP contribution is -2.23. The summed E-state index contributed by atoms with van der Waals surface area (Å²) >= 11 is 3.85. The summed E-state index contributed by atoms with van der Waals surface area (Å²) in [6.45, 7) is 17.5. The highest BCUT2D eigenvalue weighted by atomic mass is 32.1. The number of carboxylic acid groups (broad SMARTS) is 1. The molecule has 0 saturated carbocycles. The molecule has 0 saturated heterocycles. The third kappa shape index (κ3) is 6.79. The Kier molecular flexibility index (Phi) is 8.61. The zero-order valence-electron chi connectivity index (χ0n) is 19.2. The summed E-state index contributed by atoms with van der Waals surface area (Å²) in [7, 11) is 0. The smallest absolute Gasteiger partial charge is 0.343 e. The van der Waals surface area contributed by atoms with Crippen molar-refractivity contribution in [2.45, 2.75) is 78.1 Å². The molecule has 0 aliphatic rings. The van der Waals surface area contributed by atoms with Gasteiger partial charge in [-0.1, -0.05) is 67.2 Å². The van der Waals surface area contributed by atoms with Crippen LogP contribution in [0.4, 0.5) is 0 Å². The number of carbonyl (C=O) groups excluding carboxylic acids is 1. The molecule has 0 aromatic heterocycles. The van der Waals surface area contributed by atoms with Crippen LogP contribution in [0.2, 0.25) is 0 Å². The van der Waals surface area contributed by atoms with Gasteiger partial charge in [0, 0.05) is 0 Å². The van der Waals surface area contributed by atoms with Gasteiger partial charge < -0.3 is 14.9 Å². The molecule has 0 amide bonds. The summed E-state index contributed by atoms with van der Waals surface area (Å²) in [4.78, 5) is 23.7. The second-order valence-electron chi connectivity index (χ2n) is 9.98. The first-order chi connectivity index (χ1) is 13.6. The quantitative estimate of drug-likeness (QED) is 0.215. The average molecular weight is 437 g/mol. The lowest BCUT2D eigenvalue weighted by atomic mass is 9.75. The van der Waals surface area contributed by atoms with Crippen molar-refractivity contribution in [2.24, 2.45) is 5.92 Å². The lowest BCUT2D eigenvalue weighted by Gasteiger charge is -2.30. The van der Waals surface area contributed by atoms with Crippen LogP contribution in [0, 0.1) is 5.92 Å². The second-order valence-corrected chi connectivity index (χ2v) is 10.5. The number of aromatic hydroxyl groups is 1. The number of rotatable bonds is 8. The third-order valence-electron chi connectivity index (χ3n) is 5.22. The van der Waals surface area contributed by atoms with Crippen LogP contribution in [0.15, 0.2) is 23.6 Å². The monoisotopic (exact) mass is 436 g/mol. The number of benzene rings is 1. The summed E-state index contributed by atoms with van der Waals surface area (Å²) in [6.07, 6.45) is 1.11. The van der Waals surface area contributed by atoms with Gasteiger partial charge >= 0.3 is 11.9 Å². The van der Waals surface area contributed by atoms with E-state index >= 15 is 0 Å². The van der Waals surface area contributed by atoms with E-state index in [-0.39, 0.29) is 34.0 Å². The van der Waals surface area contributed by atoms with Gasteiger partial charge in [0.2, 0.25) is 0 Å². The van der Waals surface area contributed by atoms with Gasteiger partial charge in [0.25, 0.3) is 0 Å². The molecule has 0 aliphatic carbocycles. The maximum absolute atomic E-state index is 12.2. The standard InChI is InChI=1S/C24H36O5S/c1-14(10-9-11-29-22(28)15(2)30)19(21(26)27)16-12-17(23(3,4)5)20(25)18(13-16)24(6,7)8/h12-14,19,25,30H,2,9-11H2,1,3-8H3,(H,26,27). The first-order valence-corrected chi connectivity index (χ1v) is 10.7. The molecule has 30 heavy (non-hydrogen) atoms. The van der Waals surface area contributed by atoms with E-state index in [2.05, 4.69) is 19.2 Å². The molecule has 0 radical (unpaired) electrons. The average Bonchev–Trinajstić information content (AvgIpc) is 2.57. The van der Waals surface area contributed by atoms with Crippen LogP contribution in [0.25, 0.3) is 0 Å². The summed E-state index contributed by atoms with van der Waals surface area (Å²) < 4.78 is 5.05. The van der Waals surface area contributed by atoms with E-state index in [1.807, 2.05) is 60.6 Å². The molecular weight excluding hydrogens is 400 g/mol. The second kappa shape index (κ2) is 9.90. The van der Waals surface area contributed by atoms with Crippen molar-refractivity contribution in [3.63, 3.8) is 0 Å². The predicted octanol–water partition coefficient (Wildman–Crippen LogP) is 5.56. The molecule has 0 fully saturated rings. The van der Waals surface area contributed by atoms with Crippen molar-refractivity contribution >= 4 is 24.6 Å². The fourth-order valence-electron chi connectivity index (χ4n) is 3.51. The Morgan fingerprint density at radius 2 is 1.57 bits per heavy atom. The Balaban J connectivity index is 3.24. The van der Waals surface area contributed by atoms with E-state index in [0.29, 0.717) is 18.4 Å². The van der Waals surface area contributed by atoms with Gasteiger partial charge in [-0.15, -0.1) is 12.6 Å². The molecule has 0 bridgehead atoms. The minimum absolute atomic E-state index is 0.0416. The molecule has 2 unspecified atom stereocenters. The van der Waals surface area contributed by atoms with Gasteiger partial charge in [-0.05, 0) is 46.3 Å². The van der Waals surface area contributed by atoms with Crippen LogP contribution < -0.4 is 0 Å². The Hall–Kier alpha value is -1.95. The van der Waals surface area contributed by atoms with Gasteiger partial charge in [-0.25, -0.2) is 4.79 Å². The van der Waals surface area contributed by atoms with Gasteiger partial charge in [-0.2, -0.15) is 0 Å². The molecule has 0 aliphatic heterocycles. The molecule has 0 spiro atoms. The molecule has 1 rings (SSSR count). The van der Waals surface area contributed by atoms with Crippen LogP contribution in [0.5, 0.6) is 5.75 Å². The normalized spacial score (nSPS) is 14.1. The first kappa shape index (κ1) is 26.1. The Morgan fingerprint density at radius 1 is 1.10 bits per heavy atom. The van der Waals surface area contributed by atoms with E-state index in [0.717, 1.165) is 11.1 Å². The maximum Gasteiger partial charge on any atom is 0.343 e. The molecule has 6 heteroatoms. The minimum Gasteiger partial charge on any atom is -0.507 e. The largest absolute Gasteiger partial charge is 0.507 e. The van der Waals surface area contributed by atoms with Crippen LogP contribution >= 0.6 is 12.6 Å². The number of aliphatic carboxylic acids is 1. The molecule has 5 nitrogen and oxygen atoms in total. The van der Waals surface area contributed by atoms with Crippen LogP contribution in [0.3, 0.4) is 0 Å². The number of hydrogen-bond acceptors (Lipinski definition) is 5. The van der Waals surface area contributed by atoms with Crippen molar-refractivity contribution in [1.29, 1.82) is 0 Å². The summed E-state index contributed by atoms with van der Waals surface area (Å²) in [5.41, 5.74) is 1.49. The van der Waals surface area contributed by atoms with Crippen LogP contribution in [0.1, 0.15) is 83.9 Å². The Morgan fingerprint density at radius 3 is 1.93 bits per heavy atom. The van der Waals surface area contributed by atoms with Crippen LogP contribution in [-0.4, -0.2) is 28.8 Å². The number of carboxylic acids is 1. The molecule has 0 heterocycles. The first-order valence-electron chi connectivity index (χ1n) is 10.2. The maximum atomic E-state index is 12.2. The molecule has 2 N–H and O–H groups in total. The van der Waals surface area contributed by atoms with E-state index < -0.39 is 17.9 Å². The molecule has 1 aromatic rings. The van der Waals surface area contributed by atoms with Crippen molar-refractivity contribution in [3.05, 3.63) is 40.3 Å². The van der Waals surface area contributed by atoms with Gasteiger partial charge in [0.05, 0.1) is 17.4 Å². The zero-order valence-corrected chi connectivity index (χ0v) is 20.1. The summed E-state index contributed by atoms with van der Waals surface area (Å²) in [5.74, 6) is -2.17. The summed E-state index contributed by atoms with van der Waals surface area (Å²) in [6, 6.07) is 3.65. The van der Waals surface area contributed by atoms with E-state index in [1.54, 1.807) is 0 Å². The highest BCUT2D eigenvalue weighted by molar-refractivity contribution is 7.85. The van der Waals surface area contributed by atoms with Crippen molar-refractivity contribution in [3.8, 4) is 5.75 Å². The molecule has 1 aromatic carbocycles. The van der Waals surface area contributed by atoms with Crippen molar-refractivity contribution in [1.82, 2.24) is 0 Å². The lowest BCUT2D eigenvalue weighted by molar-refractivity contribution is -0.141. The van der Waals surface area contributed by atoms with Gasteiger partial charge in [0.1, 0.15) is 5.75 Å². The molecule has 2 atom stereocenters. The van der Waals surface area contributed by atoms with Crippen molar-refractivity contribution < 1.29 is 24.5 Å². The number of esters is 1. The minimum atomic E-state index is -0.909. The number of phenols is 1. The van der Waals surface area contributed by atoms with E-state index in [1.165, 1.54) is 0 Å². The molecular formula is C24H36O5S. The highest BCUT2D eigenvalue weighted by Crippen LogP contribution is 2.42. The van der Waals surface area contributed by atoms with E-state index in [9.17, 15) is 19.8 Å². The van der Waals surface area contributed by atoms with E-state index in [4.69, 9.17) is 4.74 Å². The third-order valence-corrected chi connectivity index (χ3v) is 5.40. The Labute approximate surface area is 185 Å². The van der Waals surface area contributed by atoms with Gasteiger partial charge in [-0.3, -0.25) is 4.79 Å². The number of carbonyl (C=O) groups is 2. The number of phenolic OH excluding ortho intramolecular Hbond substituents is 1. The Bertz CT molecular complexity index is 764. The number of ether oxygens (including phenoxy) is 1. The fourth-order valence-corrected chi connectivity index (χ4v) is 3.58. The van der Waals surface area contributed by atoms with Crippen molar-refractivity contribution in [2.75, 3.05) is 6.61 Å². The zero-order chi connectivity index (χ0) is 23.4. The SMILES string of the molecule is C=C(S)C(=O)OCCCC(C)C(C(=O)O)c1cc(C(C)(C)C)c(O)c(C(C)(C)C)c1. The fraction of sp³-hybridized carbons (Fsp3) is 0.583.